The highest BCUT2D eigenvalue weighted by atomic mass is 32.2. The second-order valence-electron chi connectivity index (χ2n) is 5.78. The molecule has 8 heteroatoms. The summed E-state index contributed by atoms with van der Waals surface area (Å²) in [5.74, 6) is -0.670. The van der Waals surface area contributed by atoms with Gasteiger partial charge in [-0.15, -0.1) is 0 Å². The van der Waals surface area contributed by atoms with E-state index in [4.69, 9.17) is 0 Å². The fourth-order valence-corrected chi connectivity index (χ4v) is 3.09. The Bertz CT molecular complexity index is 912. The van der Waals surface area contributed by atoms with Crippen LogP contribution < -0.4 is 10.9 Å². The van der Waals surface area contributed by atoms with Gasteiger partial charge in [-0.25, -0.2) is 4.98 Å². The summed E-state index contributed by atoms with van der Waals surface area (Å²) < 4.78 is 0. The van der Waals surface area contributed by atoms with E-state index in [1.165, 1.54) is 23.5 Å². The Balaban J connectivity index is 1.48. The van der Waals surface area contributed by atoms with Gasteiger partial charge in [0.15, 0.2) is 5.16 Å². The van der Waals surface area contributed by atoms with Gasteiger partial charge < -0.3 is 4.98 Å². The minimum Gasteiger partial charge on any atom is -0.337 e. The van der Waals surface area contributed by atoms with Crippen LogP contribution in [0.25, 0.3) is 0 Å². The first-order chi connectivity index (χ1) is 13.1. The lowest BCUT2D eigenvalue weighted by molar-refractivity contribution is -0.119. The molecule has 27 heavy (non-hydrogen) atoms. The maximum absolute atomic E-state index is 11.9. The van der Waals surface area contributed by atoms with Crippen LogP contribution in [0.2, 0.25) is 0 Å². The number of rotatable bonds is 6. The number of H-pyrrole nitrogens is 1. The highest BCUT2D eigenvalue weighted by Gasteiger charge is 2.11. The quantitative estimate of drug-likeness (QED) is 0.449. The van der Waals surface area contributed by atoms with Gasteiger partial charge in [0.1, 0.15) is 5.69 Å². The Morgan fingerprint density at radius 3 is 2.59 bits per heavy atom. The number of nitrogens with zero attached hydrogens (tertiary/aromatic N) is 2. The first-order valence-corrected chi connectivity index (χ1v) is 9.33. The number of benzene rings is 1. The lowest BCUT2D eigenvalue weighted by Crippen LogP contribution is -2.42. The van der Waals surface area contributed by atoms with Gasteiger partial charge in [-0.2, -0.15) is 0 Å². The van der Waals surface area contributed by atoms with E-state index in [9.17, 15) is 9.59 Å². The second-order valence-corrected chi connectivity index (χ2v) is 6.75. The minimum absolute atomic E-state index is 0.125. The number of imidazole rings is 1. The summed E-state index contributed by atoms with van der Waals surface area (Å²) >= 11 is 1.28. The van der Waals surface area contributed by atoms with Crippen LogP contribution in [0.3, 0.4) is 0 Å². The predicted octanol–water partition coefficient (Wildman–Crippen LogP) is 2.26. The third-order valence-corrected chi connectivity index (χ3v) is 4.60. The number of thioether (sulfide) groups is 1. The van der Waals surface area contributed by atoms with Gasteiger partial charge in [0, 0.05) is 18.3 Å². The molecule has 0 radical (unpaired) electrons. The first-order valence-electron chi connectivity index (χ1n) is 8.34. The van der Waals surface area contributed by atoms with Gasteiger partial charge in [-0.1, -0.05) is 48.2 Å². The molecule has 0 aliphatic carbocycles. The number of aromatic amines is 1. The van der Waals surface area contributed by atoms with Crippen molar-refractivity contribution in [2.75, 3.05) is 5.75 Å². The third-order valence-electron chi connectivity index (χ3n) is 3.73. The summed E-state index contributed by atoms with van der Waals surface area (Å²) in [5.41, 5.74) is 8.05. The molecule has 0 saturated heterocycles. The van der Waals surface area contributed by atoms with Crippen molar-refractivity contribution in [3.63, 3.8) is 0 Å². The van der Waals surface area contributed by atoms with Crippen LogP contribution in [0.4, 0.5) is 0 Å². The Labute approximate surface area is 161 Å². The van der Waals surface area contributed by atoms with Gasteiger partial charge >= 0.3 is 0 Å². The average Bonchev–Trinajstić information content (AvgIpc) is 3.05. The summed E-state index contributed by atoms with van der Waals surface area (Å²) in [7, 11) is 0. The molecule has 0 aliphatic heterocycles. The van der Waals surface area contributed by atoms with Crippen molar-refractivity contribution in [2.45, 2.75) is 18.5 Å². The van der Waals surface area contributed by atoms with E-state index in [1.54, 1.807) is 18.2 Å². The number of aryl methyl sites for hydroxylation is 1. The maximum Gasteiger partial charge on any atom is 0.288 e. The molecule has 2 amide bonds. The summed E-state index contributed by atoms with van der Waals surface area (Å²) in [4.78, 5) is 35.4. The number of nitrogens with one attached hydrogen (secondary N) is 3. The number of carbonyl (C=O) groups is 2. The molecule has 7 nitrogen and oxygen atoms in total. The lowest BCUT2D eigenvalue weighted by Gasteiger charge is -2.05. The van der Waals surface area contributed by atoms with E-state index in [0.717, 1.165) is 17.8 Å². The van der Waals surface area contributed by atoms with Crippen LogP contribution in [-0.4, -0.2) is 32.5 Å². The van der Waals surface area contributed by atoms with Crippen molar-refractivity contribution in [1.29, 1.82) is 0 Å². The number of hydrogen-bond acceptors (Lipinski definition) is 5. The van der Waals surface area contributed by atoms with Crippen LogP contribution in [0.15, 0.2) is 59.9 Å². The van der Waals surface area contributed by atoms with E-state index in [2.05, 4.69) is 37.9 Å². The molecular formula is C19H19N5O2S. The van der Waals surface area contributed by atoms with Gasteiger partial charge in [0.25, 0.3) is 5.91 Å². The lowest BCUT2D eigenvalue weighted by atomic mass is 10.1. The molecule has 0 unspecified atom stereocenters. The number of pyridine rings is 1. The molecule has 138 valence electrons. The fourth-order valence-electron chi connectivity index (χ4n) is 2.35. The standard InChI is InChI=1S/C19H19N5O2S/c1-13-16(11-14-7-3-2-4-8-14)22-19(21-13)27-12-17(25)23-24-18(26)15-9-5-6-10-20-15/h2-10H,11-12H2,1H3,(H,21,22)(H,23,25)(H,24,26). The van der Waals surface area contributed by atoms with Crippen LogP contribution in [-0.2, 0) is 11.2 Å². The average molecular weight is 381 g/mol. The van der Waals surface area contributed by atoms with Crippen molar-refractivity contribution in [2.24, 2.45) is 0 Å². The summed E-state index contributed by atoms with van der Waals surface area (Å²) in [6.45, 7) is 1.96. The predicted molar refractivity (Wildman–Crippen MR) is 103 cm³/mol. The Morgan fingerprint density at radius 2 is 1.85 bits per heavy atom. The molecule has 0 spiro atoms. The van der Waals surface area contributed by atoms with Gasteiger partial charge in [-0.05, 0) is 24.6 Å². The first kappa shape index (κ1) is 18.7. The fraction of sp³-hybridized carbons (Fsp3) is 0.158. The van der Waals surface area contributed by atoms with Crippen LogP contribution in [0.5, 0.6) is 0 Å². The second kappa shape index (κ2) is 9.00. The summed E-state index contributed by atoms with van der Waals surface area (Å²) in [6.07, 6.45) is 2.24. The smallest absolute Gasteiger partial charge is 0.288 e. The molecule has 0 fully saturated rings. The molecule has 2 aromatic heterocycles. The Hall–Kier alpha value is -3.13. The van der Waals surface area contributed by atoms with Crippen LogP contribution >= 0.6 is 11.8 Å². The van der Waals surface area contributed by atoms with E-state index in [0.29, 0.717) is 5.16 Å². The Kier molecular flexibility index (Phi) is 6.22. The number of amides is 2. The molecule has 0 aliphatic rings. The van der Waals surface area contributed by atoms with Gasteiger partial charge in [-0.3, -0.25) is 25.4 Å². The van der Waals surface area contributed by atoms with Crippen LogP contribution in [0, 0.1) is 6.92 Å². The van der Waals surface area contributed by atoms with Gasteiger partial charge in [0.2, 0.25) is 5.91 Å². The number of carbonyl (C=O) groups excluding carboxylic acids is 2. The number of hydrogen-bond donors (Lipinski definition) is 3. The molecule has 0 bridgehead atoms. The topological polar surface area (TPSA) is 99.8 Å². The SMILES string of the molecule is Cc1[nH]c(SCC(=O)NNC(=O)c2ccccn2)nc1Cc1ccccc1. The maximum atomic E-state index is 11.9. The largest absolute Gasteiger partial charge is 0.337 e. The molecule has 0 atom stereocenters. The third kappa shape index (κ3) is 5.42. The van der Waals surface area contributed by atoms with Crippen molar-refractivity contribution in [3.05, 3.63) is 77.4 Å². The molecule has 1 aromatic carbocycles. The molecule has 3 aromatic rings. The zero-order valence-electron chi connectivity index (χ0n) is 14.7. The minimum atomic E-state index is -0.465. The summed E-state index contributed by atoms with van der Waals surface area (Å²) in [5, 5.41) is 0.671. The van der Waals surface area contributed by atoms with Crippen molar-refractivity contribution in [1.82, 2.24) is 25.8 Å². The molecule has 3 N–H and O–H groups in total. The summed E-state index contributed by atoms with van der Waals surface area (Å²) in [6, 6.07) is 15.1. The zero-order valence-corrected chi connectivity index (χ0v) is 15.5. The highest BCUT2D eigenvalue weighted by Crippen LogP contribution is 2.18. The highest BCUT2D eigenvalue weighted by molar-refractivity contribution is 7.99. The van der Waals surface area contributed by atoms with Gasteiger partial charge in [0.05, 0.1) is 11.4 Å². The molecule has 3 rings (SSSR count). The van der Waals surface area contributed by atoms with Crippen molar-refractivity contribution >= 4 is 23.6 Å². The molecule has 0 saturated carbocycles. The van der Waals surface area contributed by atoms with Crippen LogP contribution in [0.1, 0.15) is 27.4 Å². The number of hydrazine groups is 1. The van der Waals surface area contributed by atoms with E-state index >= 15 is 0 Å². The van der Waals surface area contributed by atoms with E-state index < -0.39 is 5.91 Å². The molecule has 2 heterocycles. The normalized spacial score (nSPS) is 10.4. The number of aromatic nitrogens is 3. The van der Waals surface area contributed by atoms with E-state index in [-0.39, 0.29) is 17.4 Å². The monoisotopic (exact) mass is 381 g/mol. The molecular weight excluding hydrogens is 362 g/mol. The van der Waals surface area contributed by atoms with E-state index in [1.807, 2.05) is 25.1 Å². The van der Waals surface area contributed by atoms with Crippen molar-refractivity contribution in [3.8, 4) is 0 Å². The Morgan fingerprint density at radius 1 is 1.07 bits per heavy atom. The van der Waals surface area contributed by atoms with Crippen molar-refractivity contribution < 1.29 is 9.59 Å². The zero-order chi connectivity index (χ0) is 19.1.